The van der Waals surface area contributed by atoms with E-state index >= 15 is 0 Å². The van der Waals surface area contributed by atoms with Crippen LogP contribution in [0.2, 0.25) is 0 Å². The molecule has 0 spiro atoms. The number of nitrogens with zero attached hydrogens (tertiary/aromatic N) is 2. The molecule has 2 rings (SSSR count). The Kier molecular flexibility index (Phi) is 6.11. The zero-order valence-corrected chi connectivity index (χ0v) is 12.9. The molecule has 0 atom stereocenters. The topological polar surface area (TPSA) is 61.3 Å². The third-order valence-corrected chi connectivity index (χ3v) is 3.72. The molecule has 1 aliphatic carbocycles. The summed E-state index contributed by atoms with van der Waals surface area (Å²) in [5.41, 5.74) is 1.22. The smallest absolute Gasteiger partial charge is 0.341 e. The molecule has 21 heavy (non-hydrogen) atoms. The summed E-state index contributed by atoms with van der Waals surface area (Å²) in [6, 6.07) is 0. The summed E-state index contributed by atoms with van der Waals surface area (Å²) in [5.74, 6) is 0.334. The second-order valence-electron chi connectivity index (χ2n) is 5.40. The zero-order chi connectivity index (χ0) is 15.1. The fourth-order valence-corrected chi connectivity index (χ4v) is 2.56. The largest absolute Gasteiger partial charge is 0.462 e. The van der Waals surface area contributed by atoms with Crippen LogP contribution in [0.15, 0.2) is 6.20 Å². The lowest BCUT2D eigenvalue weighted by molar-refractivity contribution is 0.0310. The Morgan fingerprint density at radius 1 is 1.33 bits per heavy atom. The van der Waals surface area contributed by atoms with Crippen molar-refractivity contribution < 1.29 is 14.3 Å². The van der Waals surface area contributed by atoms with Gasteiger partial charge in [-0.05, 0) is 26.2 Å². The van der Waals surface area contributed by atoms with Gasteiger partial charge >= 0.3 is 5.97 Å². The van der Waals surface area contributed by atoms with Crippen molar-refractivity contribution in [3.63, 3.8) is 0 Å². The van der Waals surface area contributed by atoms with E-state index in [2.05, 4.69) is 9.97 Å². The van der Waals surface area contributed by atoms with Gasteiger partial charge in [0.25, 0.3) is 0 Å². The first-order valence-corrected chi connectivity index (χ1v) is 7.82. The number of hydrogen-bond donors (Lipinski definition) is 0. The molecular formula is C16H24N2O3. The van der Waals surface area contributed by atoms with Crippen molar-refractivity contribution >= 4 is 5.97 Å². The van der Waals surface area contributed by atoms with Gasteiger partial charge in [0.2, 0.25) is 0 Å². The Labute approximate surface area is 126 Å². The van der Waals surface area contributed by atoms with E-state index in [1.54, 1.807) is 6.20 Å². The number of carbonyl (C=O) groups excluding carboxylic acids is 1. The van der Waals surface area contributed by atoms with Gasteiger partial charge in [-0.25, -0.2) is 14.8 Å². The molecule has 1 heterocycles. The number of rotatable bonds is 7. The van der Waals surface area contributed by atoms with E-state index in [4.69, 9.17) is 9.47 Å². The minimum atomic E-state index is -0.340. The first-order chi connectivity index (χ1) is 10.2. The fourth-order valence-electron chi connectivity index (χ4n) is 2.56. The van der Waals surface area contributed by atoms with E-state index in [0.717, 1.165) is 12.1 Å². The monoisotopic (exact) mass is 292 g/mol. The van der Waals surface area contributed by atoms with Crippen LogP contribution in [0.3, 0.4) is 0 Å². The van der Waals surface area contributed by atoms with E-state index in [9.17, 15) is 4.79 Å². The second kappa shape index (κ2) is 8.08. The highest BCUT2D eigenvalue weighted by Crippen LogP contribution is 2.20. The maximum Gasteiger partial charge on any atom is 0.341 e. The van der Waals surface area contributed by atoms with E-state index in [-0.39, 0.29) is 5.97 Å². The lowest BCUT2D eigenvalue weighted by atomic mass is 10.2. The van der Waals surface area contributed by atoms with E-state index < -0.39 is 0 Å². The SMILES string of the molecule is CCc1nc(C)ncc1C(=O)OCCCOC1CCCC1. The van der Waals surface area contributed by atoms with Crippen LogP contribution in [0.4, 0.5) is 0 Å². The number of aryl methyl sites for hydroxylation is 2. The highest BCUT2D eigenvalue weighted by atomic mass is 16.5. The van der Waals surface area contributed by atoms with Gasteiger partial charge in [0.15, 0.2) is 0 Å². The molecule has 1 saturated carbocycles. The molecule has 116 valence electrons. The average molecular weight is 292 g/mol. The molecule has 0 bridgehead atoms. The summed E-state index contributed by atoms with van der Waals surface area (Å²) in [6.45, 7) is 4.81. The Morgan fingerprint density at radius 3 is 2.81 bits per heavy atom. The number of carbonyl (C=O) groups is 1. The predicted octanol–water partition coefficient (Wildman–Crippen LogP) is 2.85. The third kappa shape index (κ3) is 4.77. The predicted molar refractivity (Wildman–Crippen MR) is 79.3 cm³/mol. The van der Waals surface area contributed by atoms with Crippen LogP contribution < -0.4 is 0 Å². The quantitative estimate of drug-likeness (QED) is 0.571. The number of hydrogen-bond acceptors (Lipinski definition) is 5. The first kappa shape index (κ1) is 15.9. The van der Waals surface area contributed by atoms with Crippen molar-refractivity contribution in [1.29, 1.82) is 0 Å². The molecule has 0 radical (unpaired) electrons. The maximum absolute atomic E-state index is 12.0. The number of aromatic nitrogens is 2. The van der Waals surface area contributed by atoms with E-state index in [1.165, 1.54) is 25.7 Å². The van der Waals surface area contributed by atoms with Crippen molar-refractivity contribution in [3.8, 4) is 0 Å². The molecule has 1 aromatic heterocycles. The van der Waals surface area contributed by atoms with Gasteiger partial charge in [-0.3, -0.25) is 0 Å². The van der Waals surface area contributed by atoms with E-state index in [0.29, 0.717) is 37.1 Å². The zero-order valence-electron chi connectivity index (χ0n) is 12.9. The van der Waals surface area contributed by atoms with Crippen molar-refractivity contribution in [2.75, 3.05) is 13.2 Å². The van der Waals surface area contributed by atoms with Crippen LogP contribution in [0, 0.1) is 6.92 Å². The Morgan fingerprint density at radius 2 is 2.10 bits per heavy atom. The molecule has 0 aromatic carbocycles. The summed E-state index contributed by atoms with van der Waals surface area (Å²) < 4.78 is 11.0. The molecular weight excluding hydrogens is 268 g/mol. The average Bonchev–Trinajstić information content (AvgIpc) is 2.99. The van der Waals surface area contributed by atoms with Gasteiger partial charge in [-0.2, -0.15) is 0 Å². The van der Waals surface area contributed by atoms with Gasteiger partial charge in [0.05, 0.1) is 30.6 Å². The molecule has 0 amide bonds. The van der Waals surface area contributed by atoms with Gasteiger partial charge in [0.1, 0.15) is 5.82 Å². The summed E-state index contributed by atoms with van der Waals surface area (Å²) >= 11 is 0. The molecule has 0 unspecified atom stereocenters. The molecule has 0 N–H and O–H groups in total. The van der Waals surface area contributed by atoms with Crippen LogP contribution >= 0.6 is 0 Å². The Bertz CT molecular complexity index is 471. The molecule has 5 heteroatoms. The molecule has 1 fully saturated rings. The molecule has 5 nitrogen and oxygen atoms in total. The minimum absolute atomic E-state index is 0.340. The maximum atomic E-state index is 12.0. The molecule has 1 aromatic rings. The lowest BCUT2D eigenvalue weighted by Gasteiger charge is -2.11. The third-order valence-electron chi connectivity index (χ3n) is 3.72. The van der Waals surface area contributed by atoms with Gasteiger partial charge in [-0.15, -0.1) is 0 Å². The minimum Gasteiger partial charge on any atom is -0.462 e. The molecule has 0 saturated heterocycles. The van der Waals surface area contributed by atoms with Crippen LogP contribution in [0.5, 0.6) is 0 Å². The standard InChI is InChI=1S/C16H24N2O3/c1-3-15-14(11-17-12(2)18-15)16(19)21-10-6-9-20-13-7-4-5-8-13/h11,13H,3-10H2,1-2H3. The summed E-state index contributed by atoms with van der Waals surface area (Å²) in [5, 5.41) is 0. The molecule has 0 aliphatic heterocycles. The summed E-state index contributed by atoms with van der Waals surface area (Å²) in [6.07, 6.45) is 8.27. The van der Waals surface area contributed by atoms with Crippen LogP contribution in [0.1, 0.15) is 60.9 Å². The normalized spacial score (nSPS) is 15.3. The van der Waals surface area contributed by atoms with E-state index in [1.807, 2.05) is 13.8 Å². The fraction of sp³-hybridized carbons (Fsp3) is 0.688. The van der Waals surface area contributed by atoms with Crippen molar-refractivity contribution in [2.24, 2.45) is 0 Å². The second-order valence-corrected chi connectivity index (χ2v) is 5.40. The summed E-state index contributed by atoms with van der Waals surface area (Å²) in [4.78, 5) is 20.4. The van der Waals surface area contributed by atoms with Crippen molar-refractivity contribution in [2.45, 2.75) is 58.5 Å². The lowest BCUT2D eigenvalue weighted by Crippen LogP contribution is -2.14. The van der Waals surface area contributed by atoms with Crippen LogP contribution in [0.25, 0.3) is 0 Å². The Hall–Kier alpha value is -1.49. The highest BCUT2D eigenvalue weighted by Gasteiger charge is 2.16. The van der Waals surface area contributed by atoms with Crippen LogP contribution in [-0.4, -0.2) is 35.3 Å². The van der Waals surface area contributed by atoms with Gasteiger partial charge < -0.3 is 9.47 Å². The van der Waals surface area contributed by atoms with Gasteiger partial charge in [0, 0.05) is 12.6 Å². The van der Waals surface area contributed by atoms with Crippen molar-refractivity contribution in [1.82, 2.24) is 9.97 Å². The summed E-state index contributed by atoms with van der Waals surface area (Å²) in [7, 11) is 0. The van der Waals surface area contributed by atoms with Crippen LogP contribution in [-0.2, 0) is 15.9 Å². The van der Waals surface area contributed by atoms with Gasteiger partial charge in [-0.1, -0.05) is 19.8 Å². The first-order valence-electron chi connectivity index (χ1n) is 7.82. The Balaban J connectivity index is 1.71. The van der Waals surface area contributed by atoms with Crippen molar-refractivity contribution in [3.05, 3.63) is 23.3 Å². The number of esters is 1. The molecule has 1 aliphatic rings. The highest BCUT2D eigenvalue weighted by molar-refractivity contribution is 5.90. The number of ether oxygens (including phenoxy) is 2.